The second-order valence-electron chi connectivity index (χ2n) is 5.59. The number of carbonyl (C=O) groups is 1. The first-order valence-corrected chi connectivity index (χ1v) is 7.92. The quantitative estimate of drug-likeness (QED) is 0.817. The maximum absolute atomic E-state index is 11.8. The summed E-state index contributed by atoms with van der Waals surface area (Å²) in [6.45, 7) is 4.50. The van der Waals surface area contributed by atoms with Crippen LogP contribution in [0.3, 0.4) is 0 Å². The number of ether oxygens (including phenoxy) is 1. The third-order valence-corrected chi connectivity index (χ3v) is 3.66. The van der Waals surface area contributed by atoms with Gasteiger partial charge in [0.15, 0.2) is 0 Å². The van der Waals surface area contributed by atoms with E-state index in [0.717, 1.165) is 22.6 Å². The van der Waals surface area contributed by atoms with Crippen molar-refractivity contribution in [1.29, 1.82) is 0 Å². The first-order chi connectivity index (χ1) is 11.1. The lowest BCUT2D eigenvalue weighted by Crippen LogP contribution is -2.14. The second-order valence-corrected chi connectivity index (χ2v) is 5.59. The van der Waals surface area contributed by atoms with Crippen LogP contribution in [0.4, 0.5) is 5.69 Å². The third-order valence-electron chi connectivity index (χ3n) is 3.66. The van der Waals surface area contributed by atoms with E-state index in [1.807, 2.05) is 62.4 Å². The summed E-state index contributed by atoms with van der Waals surface area (Å²) >= 11 is 0. The van der Waals surface area contributed by atoms with Crippen molar-refractivity contribution in [3.05, 3.63) is 59.7 Å². The number of anilines is 1. The number of nitrogens with one attached hydrogen (secondary N) is 1. The molecule has 4 heteroatoms. The average Bonchev–Trinajstić information content (AvgIpc) is 2.56. The van der Waals surface area contributed by atoms with Crippen molar-refractivity contribution in [2.45, 2.75) is 32.8 Å². The standard InChI is InChI=1S/C19H24N2O2/c1-14-13-17(23-15(2)16-7-4-3-5-8-16)10-11-18(14)21-19(22)9-6-12-20/h3-5,7-8,10-11,13,15H,6,9,12,20H2,1-2H3,(H,21,22). The van der Waals surface area contributed by atoms with Gasteiger partial charge in [-0.05, 0) is 56.1 Å². The Bertz CT molecular complexity index is 641. The van der Waals surface area contributed by atoms with E-state index in [1.165, 1.54) is 0 Å². The Morgan fingerprint density at radius 2 is 1.96 bits per heavy atom. The number of hydrogen-bond donors (Lipinski definition) is 2. The lowest BCUT2D eigenvalue weighted by atomic mass is 10.1. The molecule has 0 aliphatic heterocycles. The molecule has 1 atom stereocenters. The molecule has 1 amide bonds. The van der Waals surface area contributed by atoms with E-state index in [0.29, 0.717) is 19.4 Å². The van der Waals surface area contributed by atoms with Crippen LogP contribution in [0, 0.1) is 6.92 Å². The van der Waals surface area contributed by atoms with Gasteiger partial charge in [-0.25, -0.2) is 0 Å². The Kier molecular flexibility index (Phi) is 6.18. The van der Waals surface area contributed by atoms with Crippen LogP contribution in [0.5, 0.6) is 5.75 Å². The molecular formula is C19H24N2O2. The minimum atomic E-state index is -0.0272. The zero-order valence-corrected chi connectivity index (χ0v) is 13.7. The van der Waals surface area contributed by atoms with Gasteiger partial charge in [0.2, 0.25) is 5.91 Å². The summed E-state index contributed by atoms with van der Waals surface area (Å²) in [5.41, 5.74) is 8.33. The van der Waals surface area contributed by atoms with Gasteiger partial charge in [0.25, 0.3) is 0 Å². The molecule has 0 fully saturated rings. The highest BCUT2D eigenvalue weighted by Crippen LogP contribution is 2.26. The van der Waals surface area contributed by atoms with E-state index in [2.05, 4.69) is 5.32 Å². The van der Waals surface area contributed by atoms with E-state index < -0.39 is 0 Å². The minimum Gasteiger partial charge on any atom is -0.486 e. The van der Waals surface area contributed by atoms with E-state index >= 15 is 0 Å². The van der Waals surface area contributed by atoms with Gasteiger partial charge in [0.05, 0.1) is 0 Å². The first kappa shape index (κ1) is 17.0. The number of hydrogen-bond acceptors (Lipinski definition) is 3. The predicted octanol–water partition coefficient (Wildman–Crippen LogP) is 3.81. The van der Waals surface area contributed by atoms with Crippen LogP contribution in [0.25, 0.3) is 0 Å². The third kappa shape index (κ3) is 5.11. The summed E-state index contributed by atoms with van der Waals surface area (Å²) in [4.78, 5) is 11.8. The van der Waals surface area contributed by atoms with Crippen LogP contribution in [0.1, 0.15) is 37.0 Å². The van der Waals surface area contributed by atoms with Crippen molar-refractivity contribution >= 4 is 11.6 Å². The maximum Gasteiger partial charge on any atom is 0.224 e. The molecule has 0 saturated heterocycles. The molecule has 3 N–H and O–H groups in total. The van der Waals surface area contributed by atoms with Gasteiger partial charge in [-0.1, -0.05) is 30.3 Å². The van der Waals surface area contributed by atoms with Gasteiger partial charge in [-0.15, -0.1) is 0 Å². The van der Waals surface area contributed by atoms with Gasteiger partial charge < -0.3 is 15.8 Å². The Morgan fingerprint density at radius 3 is 2.61 bits per heavy atom. The normalized spacial score (nSPS) is 11.8. The summed E-state index contributed by atoms with van der Waals surface area (Å²) in [7, 11) is 0. The molecule has 23 heavy (non-hydrogen) atoms. The number of benzene rings is 2. The Morgan fingerprint density at radius 1 is 1.22 bits per heavy atom. The van der Waals surface area contributed by atoms with Crippen LogP contribution in [-0.2, 0) is 4.79 Å². The molecule has 0 radical (unpaired) electrons. The minimum absolute atomic E-state index is 0.00938. The Hall–Kier alpha value is -2.33. The molecule has 0 bridgehead atoms. The van der Waals surface area contributed by atoms with E-state index in [4.69, 9.17) is 10.5 Å². The van der Waals surface area contributed by atoms with Gasteiger partial charge in [0, 0.05) is 12.1 Å². The van der Waals surface area contributed by atoms with Crippen LogP contribution in [0.15, 0.2) is 48.5 Å². The summed E-state index contributed by atoms with van der Waals surface area (Å²) in [6.07, 6.45) is 1.11. The monoisotopic (exact) mass is 312 g/mol. The van der Waals surface area contributed by atoms with Crippen molar-refractivity contribution < 1.29 is 9.53 Å². The van der Waals surface area contributed by atoms with Crippen molar-refractivity contribution in [1.82, 2.24) is 0 Å². The first-order valence-electron chi connectivity index (χ1n) is 7.92. The molecule has 0 aromatic heterocycles. The molecule has 1 unspecified atom stereocenters. The SMILES string of the molecule is Cc1cc(OC(C)c2ccccc2)ccc1NC(=O)CCCN. The zero-order chi connectivity index (χ0) is 16.7. The summed E-state index contributed by atoms with van der Waals surface area (Å²) < 4.78 is 5.98. The molecule has 0 spiro atoms. The van der Waals surface area contributed by atoms with Crippen molar-refractivity contribution in [2.24, 2.45) is 5.73 Å². The number of rotatable bonds is 7. The Balaban J connectivity index is 2.00. The lowest BCUT2D eigenvalue weighted by Gasteiger charge is -2.16. The van der Waals surface area contributed by atoms with Gasteiger partial charge in [-0.2, -0.15) is 0 Å². The summed E-state index contributed by atoms with van der Waals surface area (Å²) in [6, 6.07) is 15.8. The van der Waals surface area contributed by atoms with Crippen molar-refractivity contribution in [2.75, 3.05) is 11.9 Å². The number of carbonyl (C=O) groups excluding carboxylic acids is 1. The lowest BCUT2D eigenvalue weighted by molar-refractivity contribution is -0.116. The smallest absolute Gasteiger partial charge is 0.224 e. The highest BCUT2D eigenvalue weighted by Gasteiger charge is 2.09. The highest BCUT2D eigenvalue weighted by molar-refractivity contribution is 5.91. The molecule has 2 aromatic carbocycles. The molecular weight excluding hydrogens is 288 g/mol. The van der Waals surface area contributed by atoms with Gasteiger partial charge in [0.1, 0.15) is 11.9 Å². The van der Waals surface area contributed by atoms with E-state index in [1.54, 1.807) is 0 Å². The number of nitrogens with two attached hydrogens (primary N) is 1. The number of amides is 1. The fourth-order valence-corrected chi connectivity index (χ4v) is 2.32. The molecule has 0 saturated carbocycles. The van der Waals surface area contributed by atoms with Crippen LogP contribution in [-0.4, -0.2) is 12.5 Å². The van der Waals surface area contributed by atoms with Crippen LogP contribution in [0.2, 0.25) is 0 Å². The fraction of sp³-hybridized carbons (Fsp3) is 0.316. The fourth-order valence-electron chi connectivity index (χ4n) is 2.32. The highest BCUT2D eigenvalue weighted by atomic mass is 16.5. The summed E-state index contributed by atoms with van der Waals surface area (Å²) in [5, 5.41) is 2.91. The average molecular weight is 312 g/mol. The second kappa shape index (κ2) is 8.34. The van der Waals surface area contributed by atoms with Crippen molar-refractivity contribution in [3.8, 4) is 5.75 Å². The summed E-state index contributed by atoms with van der Waals surface area (Å²) in [5.74, 6) is 0.781. The molecule has 4 nitrogen and oxygen atoms in total. The Labute approximate surface area is 137 Å². The molecule has 122 valence electrons. The van der Waals surface area contributed by atoms with Crippen molar-refractivity contribution in [3.63, 3.8) is 0 Å². The molecule has 2 aromatic rings. The van der Waals surface area contributed by atoms with E-state index in [-0.39, 0.29) is 12.0 Å². The van der Waals surface area contributed by atoms with Gasteiger partial charge in [-0.3, -0.25) is 4.79 Å². The molecule has 2 rings (SSSR count). The largest absolute Gasteiger partial charge is 0.486 e. The van der Waals surface area contributed by atoms with Crippen LogP contribution >= 0.6 is 0 Å². The van der Waals surface area contributed by atoms with Crippen LogP contribution < -0.4 is 15.8 Å². The van der Waals surface area contributed by atoms with E-state index in [9.17, 15) is 4.79 Å². The zero-order valence-electron chi connectivity index (χ0n) is 13.7. The topological polar surface area (TPSA) is 64.3 Å². The maximum atomic E-state index is 11.8. The van der Waals surface area contributed by atoms with Gasteiger partial charge >= 0.3 is 0 Å². The molecule has 0 aliphatic carbocycles. The number of aryl methyl sites for hydroxylation is 1. The predicted molar refractivity (Wildman–Crippen MR) is 93.6 cm³/mol. The molecule has 0 heterocycles. The molecule has 0 aliphatic rings.